The number of pyridine rings is 1. The Kier molecular flexibility index (Phi) is 7.00. The van der Waals surface area contributed by atoms with Crippen LogP contribution in [0.3, 0.4) is 0 Å². The van der Waals surface area contributed by atoms with Crippen molar-refractivity contribution in [1.82, 2.24) is 19.2 Å². The van der Waals surface area contributed by atoms with Crippen LogP contribution in [-0.2, 0) is 17.5 Å². The van der Waals surface area contributed by atoms with E-state index in [-0.39, 0.29) is 22.2 Å². The van der Waals surface area contributed by atoms with E-state index >= 15 is 0 Å². The summed E-state index contributed by atoms with van der Waals surface area (Å²) in [5.41, 5.74) is 1.15. The first kappa shape index (κ1) is 24.4. The molecule has 0 atom stereocenters. The molecule has 0 saturated heterocycles. The van der Waals surface area contributed by atoms with Gasteiger partial charge in [0, 0.05) is 18.1 Å². The van der Waals surface area contributed by atoms with Gasteiger partial charge in [-0.15, -0.1) is 0 Å². The van der Waals surface area contributed by atoms with Gasteiger partial charge in [0.05, 0.1) is 27.8 Å². The summed E-state index contributed by atoms with van der Waals surface area (Å²) in [5.74, 6) is -0.0700. The number of hydrogen-bond donors (Lipinski definition) is 1. The number of aromatic nitrogens is 4. The molecule has 0 spiro atoms. The fraction of sp³-hybridized carbons (Fsp3) is 0.261. The van der Waals surface area contributed by atoms with Crippen LogP contribution in [0.25, 0.3) is 16.3 Å². The second-order valence-corrected chi connectivity index (χ2v) is 7.60. The lowest BCUT2D eigenvalue weighted by atomic mass is 10.0. The van der Waals surface area contributed by atoms with E-state index in [4.69, 9.17) is 5.26 Å². The number of carbonyl (C=O) groups is 1. The van der Waals surface area contributed by atoms with Crippen LogP contribution < -0.4 is 10.9 Å². The Balaban J connectivity index is 0.000000202. The Morgan fingerprint density at radius 1 is 1.21 bits per heavy atom. The Hall–Kier alpha value is -4.20. The van der Waals surface area contributed by atoms with Gasteiger partial charge in [-0.3, -0.25) is 9.59 Å². The third-order valence-electron chi connectivity index (χ3n) is 5.02. The summed E-state index contributed by atoms with van der Waals surface area (Å²) >= 11 is 0. The van der Waals surface area contributed by atoms with Gasteiger partial charge >= 0.3 is 6.18 Å². The number of amides is 1. The molecule has 1 N–H and O–H groups in total. The van der Waals surface area contributed by atoms with Crippen LogP contribution in [-0.4, -0.2) is 25.6 Å². The zero-order valence-electron chi connectivity index (χ0n) is 18.6. The average Bonchev–Trinajstić information content (AvgIpc) is 3.21. The van der Waals surface area contributed by atoms with Crippen LogP contribution in [0.4, 0.5) is 18.9 Å². The van der Waals surface area contributed by atoms with Crippen LogP contribution in [0.5, 0.6) is 0 Å². The molecule has 34 heavy (non-hydrogen) atoms. The molecule has 4 aromatic rings. The Labute approximate surface area is 192 Å². The molecule has 3 aromatic heterocycles. The lowest BCUT2D eigenvalue weighted by molar-refractivity contribution is -0.137. The van der Waals surface area contributed by atoms with E-state index in [1.165, 1.54) is 17.1 Å². The minimum Gasteiger partial charge on any atom is -0.327 e. The van der Waals surface area contributed by atoms with Crippen molar-refractivity contribution in [1.29, 1.82) is 5.26 Å². The maximum atomic E-state index is 12.8. The van der Waals surface area contributed by atoms with E-state index in [1.54, 1.807) is 29.7 Å². The van der Waals surface area contributed by atoms with Crippen molar-refractivity contribution >= 4 is 28.4 Å². The Morgan fingerprint density at radius 3 is 2.53 bits per heavy atom. The Morgan fingerprint density at radius 2 is 1.94 bits per heavy atom. The molecule has 1 amide bonds. The van der Waals surface area contributed by atoms with Gasteiger partial charge in [0.2, 0.25) is 6.41 Å². The number of hydrogen-bond acceptors (Lipinski definition) is 5. The highest BCUT2D eigenvalue weighted by Crippen LogP contribution is 2.32. The summed E-state index contributed by atoms with van der Waals surface area (Å²) in [4.78, 5) is 26.2. The highest BCUT2D eigenvalue weighted by atomic mass is 19.4. The number of nitrogens with zero attached hydrogens (tertiary/aromatic N) is 5. The maximum Gasteiger partial charge on any atom is 0.416 e. The van der Waals surface area contributed by atoms with Crippen LogP contribution >= 0.6 is 0 Å². The van der Waals surface area contributed by atoms with E-state index in [0.29, 0.717) is 30.0 Å². The number of fused-ring (bicyclic) bond motifs is 2. The molecule has 4 rings (SSSR count). The van der Waals surface area contributed by atoms with Gasteiger partial charge in [0.15, 0.2) is 5.69 Å². The largest absolute Gasteiger partial charge is 0.416 e. The zero-order valence-corrected chi connectivity index (χ0v) is 18.6. The monoisotopic (exact) mass is 470 g/mol. The molecular weight excluding hydrogens is 449 g/mol. The smallest absolute Gasteiger partial charge is 0.327 e. The molecule has 0 fully saturated rings. The van der Waals surface area contributed by atoms with Crippen LogP contribution in [0.15, 0.2) is 47.7 Å². The molecule has 0 aliphatic rings. The van der Waals surface area contributed by atoms with Gasteiger partial charge < -0.3 is 9.72 Å². The first-order valence-electron chi connectivity index (χ1n) is 10.3. The predicted octanol–water partition coefficient (Wildman–Crippen LogP) is 4.33. The minimum atomic E-state index is -4.43. The van der Waals surface area contributed by atoms with Gasteiger partial charge in [-0.2, -0.15) is 23.5 Å². The molecule has 8 nitrogen and oxygen atoms in total. The fourth-order valence-electron chi connectivity index (χ4n) is 3.37. The molecule has 176 valence electrons. The molecule has 0 aliphatic carbocycles. The number of nitriles is 1. The summed E-state index contributed by atoms with van der Waals surface area (Å²) in [5, 5.41) is 16.0. The van der Waals surface area contributed by atoms with Gasteiger partial charge in [0.1, 0.15) is 12.4 Å². The maximum absolute atomic E-state index is 12.8. The summed E-state index contributed by atoms with van der Waals surface area (Å²) in [7, 11) is 0. The van der Waals surface area contributed by atoms with Crippen LogP contribution in [0, 0.1) is 11.3 Å². The molecular formula is C23H21F3N6O2. The van der Waals surface area contributed by atoms with E-state index in [2.05, 4.69) is 15.4 Å². The summed E-state index contributed by atoms with van der Waals surface area (Å²) in [6, 6.07) is 8.62. The zero-order chi connectivity index (χ0) is 25.0. The molecule has 3 heterocycles. The lowest BCUT2D eigenvalue weighted by Crippen LogP contribution is -2.24. The van der Waals surface area contributed by atoms with E-state index in [1.807, 2.05) is 19.9 Å². The second kappa shape index (κ2) is 9.74. The van der Waals surface area contributed by atoms with E-state index < -0.39 is 11.7 Å². The number of halogens is 3. The summed E-state index contributed by atoms with van der Waals surface area (Å²) < 4.78 is 41.3. The highest BCUT2D eigenvalue weighted by molar-refractivity contribution is 5.84. The van der Waals surface area contributed by atoms with Crippen molar-refractivity contribution in [2.24, 2.45) is 0 Å². The number of nitrogens with one attached hydrogen (secondary N) is 1. The van der Waals surface area contributed by atoms with E-state index in [9.17, 15) is 22.8 Å². The molecule has 0 aliphatic heterocycles. The number of benzene rings is 1. The minimum absolute atomic E-state index is 0.0700. The lowest BCUT2D eigenvalue weighted by Gasteiger charge is -2.14. The number of anilines is 1. The topological polar surface area (TPSA) is 105 Å². The van der Waals surface area contributed by atoms with Crippen molar-refractivity contribution < 1.29 is 18.0 Å². The number of carbonyl (C=O) groups excluding carboxylic acids is 1. The van der Waals surface area contributed by atoms with Crippen LogP contribution in [0.1, 0.15) is 43.6 Å². The second-order valence-electron chi connectivity index (χ2n) is 7.60. The number of aryl methyl sites for hydroxylation is 1. The molecule has 0 unspecified atom stereocenters. The third-order valence-corrected chi connectivity index (χ3v) is 5.02. The SMILES string of the molecule is CCn1nc(C(C)C)c2cc(C(F)(F)F)ccc2c1=O.N#Cc1ncn2cc(NC=O)ccc12. The standard InChI is InChI=1S/C14H15F3N2O.C9H6N4O/c1-4-19-13(20)10-6-5-9(14(15,16)17)7-11(10)12(18-19)8(2)3;10-3-8-9-2-1-7(12-6-14)4-13(9)5-11-8/h5-8H,4H2,1-3H3;1-2,4-6H,(H,12,14). The van der Waals surface area contributed by atoms with Crippen molar-refractivity contribution in [2.75, 3.05) is 5.32 Å². The van der Waals surface area contributed by atoms with E-state index in [0.717, 1.165) is 17.6 Å². The molecule has 11 heteroatoms. The molecule has 0 bridgehead atoms. The van der Waals surface area contributed by atoms with Crippen molar-refractivity contribution in [3.63, 3.8) is 0 Å². The summed E-state index contributed by atoms with van der Waals surface area (Å²) in [6.07, 6.45) is -0.604. The quantitative estimate of drug-likeness (QED) is 0.447. The Bertz CT molecular complexity index is 1450. The first-order valence-corrected chi connectivity index (χ1v) is 10.3. The predicted molar refractivity (Wildman–Crippen MR) is 120 cm³/mol. The average molecular weight is 470 g/mol. The third kappa shape index (κ3) is 4.91. The molecule has 0 saturated carbocycles. The first-order chi connectivity index (χ1) is 16.1. The summed E-state index contributed by atoms with van der Waals surface area (Å²) in [6.45, 7) is 5.84. The van der Waals surface area contributed by atoms with Crippen molar-refractivity contribution in [3.05, 3.63) is 70.2 Å². The molecule has 0 radical (unpaired) electrons. The van der Waals surface area contributed by atoms with Crippen LogP contribution in [0.2, 0.25) is 0 Å². The fourth-order valence-corrected chi connectivity index (χ4v) is 3.37. The molecule has 1 aromatic carbocycles. The number of alkyl halides is 3. The normalized spacial score (nSPS) is 11.2. The van der Waals surface area contributed by atoms with Gasteiger partial charge in [-0.05, 0) is 43.2 Å². The number of rotatable bonds is 4. The van der Waals surface area contributed by atoms with Gasteiger partial charge in [-0.1, -0.05) is 13.8 Å². The van der Waals surface area contributed by atoms with Gasteiger partial charge in [-0.25, -0.2) is 9.67 Å². The number of imidazole rings is 1. The van der Waals surface area contributed by atoms with Crippen molar-refractivity contribution in [3.8, 4) is 6.07 Å². The van der Waals surface area contributed by atoms with Gasteiger partial charge in [0.25, 0.3) is 5.56 Å². The highest BCUT2D eigenvalue weighted by Gasteiger charge is 2.31. The van der Waals surface area contributed by atoms with Crippen molar-refractivity contribution in [2.45, 2.75) is 39.4 Å².